The summed E-state index contributed by atoms with van der Waals surface area (Å²) in [5.41, 5.74) is 18.3. The fourth-order valence-corrected chi connectivity index (χ4v) is 10.6. The smallest absolute Gasteiger partial charge is 0.138 e. The number of hydrogen-bond acceptors (Lipinski definition) is 3. The second-order valence-electron chi connectivity index (χ2n) is 17.3. The maximum absolute atomic E-state index is 5.16. The molecule has 4 nitrogen and oxygen atoms in total. The topological polar surface area (TPSA) is 24.3 Å². The monoisotopic (exact) mass is 776 g/mol. The van der Waals surface area contributed by atoms with Gasteiger partial charge in [-0.1, -0.05) is 149 Å². The lowest BCUT2D eigenvalue weighted by molar-refractivity contribution is 0.768. The molecule has 9 aromatic rings. The van der Waals surface area contributed by atoms with E-state index in [1.807, 2.05) is 6.20 Å². The molecule has 0 spiro atoms. The fourth-order valence-electron chi connectivity index (χ4n) is 10.6. The molecule has 0 unspecified atom stereocenters. The van der Waals surface area contributed by atoms with Crippen LogP contribution < -0.4 is 9.80 Å². The molecule has 1 aliphatic heterocycles. The van der Waals surface area contributed by atoms with Crippen molar-refractivity contribution in [3.63, 3.8) is 0 Å². The highest BCUT2D eigenvalue weighted by Gasteiger charge is 2.46. The van der Waals surface area contributed by atoms with E-state index >= 15 is 0 Å². The Labute approximate surface area is 353 Å². The Morgan fingerprint density at radius 2 is 1.15 bits per heavy atom. The summed E-state index contributed by atoms with van der Waals surface area (Å²) in [5.74, 6) is 1.70. The number of anilines is 3. The van der Waals surface area contributed by atoms with Crippen LogP contribution in [0.3, 0.4) is 0 Å². The van der Waals surface area contributed by atoms with Crippen LogP contribution in [0.4, 0.5) is 17.1 Å². The van der Waals surface area contributed by atoms with E-state index in [1.165, 1.54) is 83.5 Å². The molecule has 292 valence electrons. The minimum absolute atomic E-state index is 0.388. The third kappa shape index (κ3) is 5.26. The lowest BCUT2D eigenvalue weighted by atomic mass is 9.67. The second-order valence-corrected chi connectivity index (χ2v) is 17.3. The molecule has 0 N–H and O–H groups in total. The molecular weight excluding hydrogens is 729 g/mol. The average Bonchev–Trinajstić information content (AvgIpc) is 3.91. The number of nitrogens with zero attached hydrogens (tertiary/aromatic N) is 4. The van der Waals surface area contributed by atoms with E-state index in [1.54, 1.807) is 0 Å². The SMILES string of the molecule is CC(C)c1cccc(C(C)C)c1-c1ccnc(-n2c3ccccc3c3ccc(C4(c5cccc(N6CN(C)c7ccccc76)c5)c5ccccc5-c5ccccc54)cc32)c1. The molecule has 0 saturated heterocycles. The Kier molecular flexibility index (Phi) is 8.35. The highest BCUT2D eigenvalue weighted by atomic mass is 15.4. The van der Waals surface area contributed by atoms with Crippen molar-refractivity contribution in [1.29, 1.82) is 0 Å². The summed E-state index contributed by atoms with van der Waals surface area (Å²) in [6.07, 6.45) is 2.00. The van der Waals surface area contributed by atoms with Crippen LogP contribution >= 0.6 is 0 Å². The van der Waals surface area contributed by atoms with Gasteiger partial charge in [0.25, 0.3) is 0 Å². The van der Waals surface area contributed by atoms with Gasteiger partial charge in [-0.2, -0.15) is 0 Å². The number of para-hydroxylation sites is 3. The summed E-state index contributed by atoms with van der Waals surface area (Å²) in [5, 5.41) is 2.43. The normalized spacial score (nSPS) is 14.1. The summed E-state index contributed by atoms with van der Waals surface area (Å²) >= 11 is 0. The molecule has 0 amide bonds. The molecule has 0 radical (unpaired) electrons. The van der Waals surface area contributed by atoms with E-state index in [2.05, 4.69) is 219 Å². The molecule has 0 fully saturated rings. The first-order chi connectivity index (χ1) is 29.3. The van der Waals surface area contributed by atoms with Crippen molar-refractivity contribution >= 4 is 38.9 Å². The molecule has 1 aliphatic carbocycles. The first kappa shape index (κ1) is 36.2. The third-order valence-corrected chi connectivity index (χ3v) is 13.2. The predicted molar refractivity (Wildman–Crippen MR) is 251 cm³/mol. The zero-order valence-corrected chi connectivity index (χ0v) is 34.9. The average molecular weight is 777 g/mol. The highest BCUT2D eigenvalue weighted by Crippen LogP contribution is 2.57. The van der Waals surface area contributed by atoms with Gasteiger partial charge in [-0.25, -0.2) is 4.98 Å². The predicted octanol–water partition coefficient (Wildman–Crippen LogP) is 14.0. The van der Waals surface area contributed by atoms with E-state index in [9.17, 15) is 0 Å². The molecule has 0 atom stereocenters. The summed E-state index contributed by atoms with van der Waals surface area (Å²) in [6.45, 7) is 9.99. The number of aromatic nitrogens is 2. The maximum Gasteiger partial charge on any atom is 0.138 e. The Morgan fingerprint density at radius 1 is 0.533 bits per heavy atom. The lowest BCUT2D eigenvalue weighted by Crippen LogP contribution is -2.29. The first-order valence-corrected chi connectivity index (χ1v) is 21.4. The lowest BCUT2D eigenvalue weighted by Gasteiger charge is -2.35. The molecule has 0 bridgehead atoms. The van der Waals surface area contributed by atoms with Crippen LogP contribution in [0.15, 0.2) is 176 Å². The molecule has 0 saturated carbocycles. The van der Waals surface area contributed by atoms with Crippen LogP contribution in [0.1, 0.15) is 72.9 Å². The highest BCUT2D eigenvalue weighted by molar-refractivity contribution is 6.09. The van der Waals surface area contributed by atoms with Crippen LogP contribution in [0.5, 0.6) is 0 Å². The van der Waals surface area contributed by atoms with E-state index < -0.39 is 5.41 Å². The number of fused-ring (bicyclic) bond motifs is 7. The first-order valence-electron chi connectivity index (χ1n) is 21.4. The van der Waals surface area contributed by atoms with Gasteiger partial charge in [-0.3, -0.25) is 4.57 Å². The Hall–Kier alpha value is -6.91. The van der Waals surface area contributed by atoms with E-state index in [0.717, 1.165) is 23.5 Å². The van der Waals surface area contributed by atoms with Crippen molar-refractivity contribution in [2.45, 2.75) is 44.9 Å². The van der Waals surface area contributed by atoms with E-state index in [4.69, 9.17) is 4.98 Å². The van der Waals surface area contributed by atoms with Crippen LogP contribution in [0.2, 0.25) is 0 Å². The van der Waals surface area contributed by atoms with E-state index in [0.29, 0.717) is 11.8 Å². The van der Waals surface area contributed by atoms with Crippen molar-refractivity contribution in [2.24, 2.45) is 0 Å². The second kappa shape index (κ2) is 13.8. The van der Waals surface area contributed by atoms with Gasteiger partial charge in [0.1, 0.15) is 5.82 Å². The van der Waals surface area contributed by atoms with Gasteiger partial charge in [-0.05, 0) is 116 Å². The fraction of sp³-hybridized carbons (Fsp3) is 0.161. The largest absolute Gasteiger partial charge is 0.355 e. The van der Waals surface area contributed by atoms with Gasteiger partial charge in [-0.15, -0.1) is 0 Å². The molecule has 2 aromatic heterocycles. The van der Waals surface area contributed by atoms with Crippen LogP contribution in [-0.4, -0.2) is 23.3 Å². The Morgan fingerprint density at radius 3 is 1.88 bits per heavy atom. The molecule has 4 heteroatoms. The van der Waals surface area contributed by atoms with Gasteiger partial charge >= 0.3 is 0 Å². The van der Waals surface area contributed by atoms with Crippen molar-refractivity contribution in [1.82, 2.24) is 9.55 Å². The summed E-state index contributed by atoms with van der Waals surface area (Å²) in [4.78, 5) is 9.94. The van der Waals surface area contributed by atoms with Gasteiger partial charge in [0.2, 0.25) is 0 Å². The van der Waals surface area contributed by atoms with Gasteiger partial charge < -0.3 is 9.80 Å². The molecule has 60 heavy (non-hydrogen) atoms. The van der Waals surface area contributed by atoms with Gasteiger partial charge in [0.15, 0.2) is 0 Å². The zero-order chi connectivity index (χ0) is 40.7. The molecule has 7 aromatic carbocycles. The maximum atomic E-state index is 5.16. The van der Waals surface area contributed by atoms with Crippen LogP contribution in [0.25, 0.3) is 49.9 Å². The molecule has 11 rings (SSSR count). The quantitative estimate of drug-likeness (QED) is 0.161. The summed E-state index contributed by atoms with van der Waals surface area (Å²) in [7, 11) is 2.18. The summed E-state index contributed by atoms with van der Waals surface area (Å²) in [6, 6.07) is 63.5. The van der Waals surface area contributed by atoms with Crippen LogP contribution in [-0.2, 0) is 5.41 Å². The number of hydrogen-bond donors (Lipinski definition) is 0. The number of rotatable bonds is 7. The minimum Gasteiger partial charge on any atom is -0.355 e. The van der Waals surface area contributed by atoms with E-state index in [-0.39, 0.29) is 0 Å². The summed E-state index contributed by atoms with van der Waals surface area (Å²) < 4.78 is 2.40. The van der Waals surface area contributed by atoms with Gasteiger partial charge in [0.05, 0.1) is 34.5 Å². The molecule has 2 aliphatic rings. The third-order valence-electron chi connectivity index (χ3n) is 13.2. The zero-order valence-electron chi connectivity index (χ0n) is 34.9. The Bertz CT molecular complexity index is 3060. The minimum atomic E-state index is -0.582. The van der Waals surface area contributed by atoms with Crippen molar-refractivity contribution < 1.29 is 0 Å². The van der Waals surface area contributed by atoms with Crippen molar-refractivity contribution in [3.8, 4) is 28.1 Å². The van der Waals surface area contributed by atoms with Crippen molar-refractivity contribution in [3.05, 3.63) is 209 Å². The molecular formula is C56H48N4. The standard InChI is InChI=1S/C56H48N4/c1-36(2)42-21-15-22-43(37(3)4)55(42)38-30-31-57-54(32-38)60-50-25-11-8-20-46(50)47-29-28-40(34-53(47)60)56(48-23-9-6-18-44(48)45-19-7-10-24-49(45)56)39-16-14-17-41(33-39)59-35-58(5)51-26-12-13-27-52(51)59/h6-34,36-37H,35H2,1-5H3. The number of pyridine rings is 1. The van der Waals surface area contributed by atoms with Crippen molar-refractivity contribution in [2.75, 3.05) is 23.5 Å². The molecule has 3 heterocycles. The Balaban J connectivity index is 1.18. The number of benzene rings is 7. The van der Waals surface area contributed by atoms with Gasteiger partial charge in [0, 0.05) is 29.7 Å². The van der Waals surface area contributed by atoms with Crippen LogP contribution in [0, 0.1) is 0 Å².